The van der Waals surface area contributed by atoms with Gasteiger partial charge in [0.1, 0.15) is 0 Å². The number of ether oxygens (including phenoxy) is 1. The first-order chi connectivity index (χ1) is 7.57. The van der Waals surface area contributed by atoms with Crippen LogP contribution < -0.4 is 0 Å². The quantitative estimate of drug-likeness (QED) is 0.877. The van der Waals surface area contributed by atoms with Crippen molar-refractivity contribution < 1.29 is 9.84 Å². The second kappa shape index (κ2) is 6.45. The van der Waals surface area contributed by atoms with E-state index in [1.165, 1.54) is 0 Å². The van der Waals surface area contributed by atoms with Gasteiger partial charge in [0.25, 0.3) is 0 Å². The van der Waals surface area contributed by atoms with E-state index in [1.54, 1.807) is 25.3 Å². The third-order valence-electron chi connectivity index (χ3n) is 2.61. The van der Waals surface area contributed by atoms with E-state index < -0.39 is 6.10 Å². The van der Waals surface area contributed by atoms with Gasteiger partial charge in [-0.2, -0.15) is 0 Å². The molecular weight excluding hydrogens is 247 g/mol. The number of rotatable bonds is 5. The summed E-state index contributed by atoms with van der Waals surface area (Å²) in [6.07, 6.45) is 0.107. The summed E-state index contributed by atoms with van der Waals surface area (Å²) in [5, 5.41) is 11.2. The average molecular weight is 263 g/mol. The summed E-state index contributed by atoms with van der Waals surface area (Å²) in [5.74, 6) is 0.0531. The average Bonchev–Trinajstić information content (AvgIpc) is 2.25. The Labute approximate surface area is 106 Å². The maximum atomic E-state index is 10.2. The van der Waals surface area contributed by atoms with Crippen molar-refractivity contribution in [2.45, 2.75) is 19.4 Å². The summed E-state index contributed by atoms with van der Waals surface area (Å²) in [6.45, 7) is 2.56. The molecule has 0 bridgehead atoms. The van der Waals surface area contributed by atoms with E-state index in [1.807, 2.05) is 6.92 Å². The first-order valence-corrected chi connectivity index (χ1v) is 5.94. The molecule has 0 aliphatic carbocycles. The first-order valence-electron chi connectivity index (χ1n) is 5.18. The Kier molecular flexibility index (Phi) is 5.56. The monoisotopic (exact) mass is 262 g/mol. The summed E-state index contributed by atoms with van der Waals surface area (Å²) >= 11 is 12.1. The minimum Gasteiger partial charge on any atom is -0.388 e. The van der Waals surface area contributed by atoms with Gasteiger partial charge in [0.15, 0.2) is 0 Å². The smallest absolute Gasteiger partial charge is 0.0845 e. The minimum absolute atomic E-state index is 0.0531. The lowest BCUT2D eigenvalue weighted by Gasteiger charge is -2.20. The minimum atomic E-state index is -0.656. The molecule has 0 heterocycles. The van der Waals surface area contributed by atoms with Crippen molar-refractivity contribution >= 4 is 23.2 Å². The van der Waals surface area contributed by atoms with Crippen LogP contribution in [0.15, 0.2) is 18.2 Å². The fraction of sp³-hybridized carbons (Fsp3) is 0.500. The molecule has 1 rings (SSSR count). The molecule has 2 nitrogen and oxygen atoms in total. The zero-order valence-electron chi connectivity index (χ0n) is 9.41. The van der Waals surface area contributed by atoms with Crippen molar-refractivity contribution in [1.82, 2.24) is 0 Å². The topological polar surface area (TPSA) is 29.5 Å². The largest absolute Gasteiger partial charge is 0.388 e. The summed E-state index contributed by atoms with van der Waals surface area (Å²) in [6, 6.07) is 5.23. The zero-order valence-corrected chi connectivity index (χ0v) is 10.9. The summed E-state index contributed by atoms with van der Waals surface area (Å²) in [5.41, 5.74) is 0.606. The molecule has 0 amide bonds. The summed E-state index contributed by atoms with van der Waals surface area (Å²) < 4.78 is 4.98. The molecule has 90 valence electrons. The van der Waals surface area contributed by atoms with Crippen molar-refractivity contribution in [3.63, 3.8) is 0 Å². The van der Waals surface area contributed by atoms with Crippen molar-refractivity contribution in [3.05, 3.63) is 33.8 Å². The zero-order chi connectivity index (χ0) is 12.1. The number of aliphatic hydroxyl groups excluding tert-OH is 1. The normalized spacial score (nSPS) is 14.8. The van der Waals surface area contributed by atoms with Crippen LogP contribution in [0.4, 0.5) is 0 Å². The number of hydrogen-bond acceptors (Lipinski definition) is 2. The lowest BCUT2D eigenvalue weighted by molar-refractivity contribution is 0.0887. The molecule has 0 saturated heterocycles. The van der Waals surface area contributed by atoms with Crippen molar-refractivity contribution in [1.29, 1.82) is 0 Å². The highest BCUT2D eigenvalue weighted by Gasteiger charge is 2.21. The molecule has 1 N–H and O–H groups in total. The number of hydrogen-bond donors (Lipinski definition) is 1. The Hall–Kier alpha value is -0.280. The third-order valence-corrected chi connectivity index (χ3v) is 3.27. The standard InChI is InChI=1S/C12H16Cl2O2/c1-8(6-7-16-2)12(15)11-9(13)4-3-5-10(11)14/h3-5,8,12,15H,6-7H2,1-2H3. The number of aliphatic hydroxyl groups is 1. The van der Waals surface area contributed by atoms with E-state index in [2.05, 4.69) is 0 Å². The fourth-order valence-corrected chi connectivity index (χ4v) is 2.16. The summed E-state index contributed by atoms with van der Waals surface area (Å²) in [7, 11) is 1.64. The van der Waals surface area contributed by atoms with Crippen LogP contribution >= 0.6 is 23.2 Å². The Morgan fingerprint density at radius 1 is 1.31 bits per heavy atom. The molecule has 0 fully saturated rings. The predicted octanol–water partition coefficient (Wildman–Crippen LogP) is 3.70. The maximum absolute atomic E-state index is 10.2. The van der Waals surface area contributed by atoms with Gasteiger partial charge in [-0.15, -0.1) is 0 Å². The van der Waals surface area contributed by atoms with Gasteiger partial charge in [-0.05, 0) is 24.5 Å². The van der Waals surface area contributed by atoms with E-state index in [0.717, 1.165) is 6.42 Å². The van der Waals surface area contributed by atoms with Gasteiger partial charge in [0.05, 0.1) is 6.10 Å². The maximum Gasteiger partial charge on any atom is 0.0845 e. The van der Waals surface area contributed by atoms with Gasteiger partial charge in [-0.25, -0.2) is 0 Å². The van der Waals surface area contributed by atoms with Gasteiger partial charge in [-0.3, -0.25) is 0 Å². The predicted molar refractivity (Wildman–Crippen MR) is 67.1 cm³/mol. The molecule has 0 aliphatic heterocycles. The second-order valence-electron chi connectivity index (χ2n) is 3.84. The second-order valence-corrected chi connectivity index (χ2v) is 4.65. The van der Waals surface area contributed by atoms with Gasteiger partial charge in [0, 0.05) is 29.3 Å². The number of methoxy groups -OCH3 is 1. The van der Waals surface area contributed by atoms with Crippen LogP contribution in [0.2, 0.25) is 10.0 Å². The Bertz CT molecular complexity index is 322. The van der Waals surface area contributed by atoms with Crippen LogP contribution in [0, 0.1) is 5.92 Å². The molecule has 0 spiro atoms. The van der Waals surface area contributed by atoms with E-state index in [9.17, 15) is 5.11 Å². The molecule has 0 aromatic heterocycles. The Morgan fingerprint density at radius 2 is 1.88 bits per heavy atom. The molecule has 4 heteroatoms. The fourth-order valence-electron chi connectivity index (χ4n) is 1.54. The molecule has 0 saturated carbocycles. The Morgan fingerprint density at radius 3 is 2.38 bits per heavy atom. The van der Waals surface area contributed by atoms with E-state index >= 15 is 0 Å². The van der Waals surface area contributed by atoms with Crippen LogP contribution in [0.5, 0.6) is 0 Å². The van der Waals surface area contributed by atoms with E-state index in [-0.39, 0.29) is 5.92 Å². The van der Waals surface area contributed by atoms with Gasteiger partial charge in [-0.1, -0.05) is 36.2 Å². The van der Waals surface area contributed by atoms with Gasteiger partial charge < -0.3 is 9.84 Å². The number of benzene rings is 1. The molecule has 1 aromatic rings. The lowest BCUT2D eigenvalue weighted by Crippen LogP contribution is -2.12. The molecule has 0 radical (unpaired) electrons. The molecule has 2 unspecified atom stereocenters. The molecular formula is C12H16Cl2O2. The first kappa shape index (κ1) is 13.8. The highest BCUT2D eigenvalue weighted by molar-refractivity contribution is 6.36. The highest BCUT2D eigenvalue weighted by atomic mass is 35.5. The summed E-state index contributed by atoms with van der Waals surface area (Å²) in [4.78, 5) is 0. The molecule has 16 heavy (non-hydrogen) atoms. The molecule has 0 aliphatic rings. The lowest BCUT2D eigenvalue weighted by atomic mass is 9.95. The van der Waals surface area contributed by atoms with Crippen LogP contribution in [0.1, 0.15) is 25.0 Å². The third kappa shape index (κ3) is 3.36. The van der Waals surface area contributed by atoms with Crippen molar-refractivity contribution in [2.24, 2.45) is 5.92 Å². The van der Waals surface area contributed by atoms with Crippen molar-refractivity contribution in [2.75, 3.05) is 13.7 Å². The van der Waals surface area contributed by atoms with Crippen LogP contribution in [0.3, 0.4) is 0 Å². The SMILES string of the molecule is COCCC(C)C(O)c1c(Cl)cccc1Cl. The van der Waals surface area contributed by atoms with Crippen LogP contribution in [0.25, 0.3) is 0 Å². The van der Waals surface area contributed by atoms with Crippen molar-refractivity contribution in [3.8, 4) is 0 Å². The van der Waals surface area contributed by atoms with Gasteiger partial charge in [0.2, 0.25) is 0 Å². The van der Waals surface area contributed by atoms with E-state index in [4.69, 9.17) is 27.9 Å². The highest BCUT2D eigenvalue weighted by Crippen LogP contribution is 2.35. The Balaban J connectivity index is 2.82. The van der Waals surface area contributed by atoms with Crippen LogP contribution in [-0.4, -0.2) is 18.8 Å². The van der Waals surface area contributed by atoms with E-state index in [0.29, 0.717) is 22.2 Å². The van der Waals surface area contributed by atoms with Crippen LogP contribution in [-0.2, 0) is 4.74 Å². The van der Waals surface area contributed by atoms with Gasteiger partial charge >= 0.3 is 0 Å². The molecule has 1 aromatic carbocycles. The number of halogens is 2. The molecule has 2 atom stereocenters.